The molecule has 0 unspecified atom stereocenters. The molecule has 0 spiro atoms. The van der Waals surface area contributed by atoms with Gasteiger partial charge in [-0.1, -0.05) is 11.8 Å². The number of nitrogen functional groups attached to an aromatic ring is 1. The van der Waals surface area contributed by atoms with Crippen molar-refractivity contribution in [1.29, 1.82) is 0 Å². The topological polar surface area (TPSA) is 73.1 Å². The smallest absolute Gasteiger partial charge is 0.190 e. The van der Waals surface area contributed by atoms with E-state index in [1.54, 1.807) is 11.8 Å². The third-order valence-corrected chi connectivity index (χ3v) is 4.27. The molecule has 94 valence electrons. The molecular weight excluding hydrogens is 256 g/mol. The Labute approximate surface area is 109 Å². The molecule has 0 radical (unpaired) electrons. The van der Waals surface area contributed by atoms with Crippen molar-refractivity contribution >= 4 is 29.3 Å². The number of nitrogens with one attached hydrogen (secondary N) is 1. The van der Waals surface area contributed by atoms with Crippen molar-refractivity contribution in [2.45, 2.75) is 28.3 Å². The molecule has 1 aliphatic heterocycles. The van der Waals surface area contributed by atoms with Gasteiger partial charge in [0.25, 0.3) is 0 Å². The Morgan fingerprint density at radius 2 is 2.18 bits per heavy atom. The summed E-state index contributed by atoms with van der Waals surface area (Å²) in [7, 11) is 0. The number of anilines is 1. The number of nitrogens with zero attached hydrogens (tertiary/aromatic N) is 2. The van der Waals surface area contributed by atoms with E-state index in [-0.39, 0.29) is 0 Å². The Bertz CT molecular complexity index is 349. The first kappa shape index (κ1) is 12.9. The zero-order chi connectivity index (χ0) is 12.1. The number of hydrazine groups is 1. The third-order valence-electron chi connectivity index (χ3n) is 2.47. The quantitative estimate of drug-likeness (QED) is 0.284. The molecule has 5 nitrogen and oxygen atoms in total. The summed E-state index contributed by atoms with van der Waals surface area (Å²) in [5.74, 6) is 6.06. The van der Waals surface area contributed by atoms with Crippen LogP contribution in [0.3, 0.4) is 0 Å². The summed E-state index contributed by atoms with van der Waals surface area (Å²) in [6, 6.07) is 1.89. The van der Waals surface area contributed by atoms with Gasteiger partial charge in [-0.15, -0.1) is 11.8 Å². The zero-order valence-electron chi connectivity index (χ0n) is 9.68. The van der Waals surface area contributed by atoms with Crippen LogP contribution >= 0.6 is 23.5 Å². The fraction of sp³-hybridized carbons (Fsp3) is 0.600. The highest BCUT2D eigenvalue weighted by atomic mass is 32.2. The fourth-order valence-corrected chi connectivity index (χ4v) is 3.12. The first-order valence-electron chi connectivity index (χ1n) is 5.46. The molecule has 3 N–H and O–H groups in total. The number of hydrogen-bond donors (Lipinski definition) is 2. The average Bonchev–Trinajstić information content (AvgIpc) is 2.39. The largest absolute Gasteiger partial charge is 0.381 e. The van der Waals surface area contributed by atoms with E-state index in [2.05, 4.69) is 15.4 Å². The highest BCUT2D eigenvalue weighted by Crippen LogP contribution is 2.30. The minimum atomic E-state index is 0.582. The van der Waals surface area contributed by atoms with Crippen molar-refractivity contribution in [3.63, 3.8) is 0 Å². The number of hydrogen-bond acceptors (Lipinski definition) is 7. The summed E-state index contributed by atoms with van der Waals surface area (Å²) in [5, 5.41) is 2.30. The normalized spacial score (nSPS) is 17.1. The highest BCUT2D eigenvalue weighted by molar-refractivity contribution is 8.00. The Kier molecular flexibility index (Phi) is 4.90. The lowest BCUT2D eigenvalue weighted by molar-refractivity contribution is 0.1000. The average molecular weight is 272 g/mol. The molecule has 0 aliphatic carbocycles. The molecule has 1 aromatic rings. The van der Waals surface area contributed by atoms with Gasteiger partial charge in [-0.3, -0.25) is 0 Å². The lowest BCUT2D eigenvalue weighted by Gasteiger charge is -2.21. The van der Waals surface area contributed by atoms with Gasteiger partial charge in [0.05, 0.1) is 0 Å². The summed E-state index contributed by atoms with van der Waals surface area (Å²) in [4.78, 5) is 8.71. The predicted molar refractivity (Wildman–Crippen MR) is 71.3 cm³/mol. The van der Waals surface area contributed by atoms with Crippen LogP contribution in [0.2, 0.25) is 0 Å². The zero-order valence-corrected chi connectivity index (χ0v) is 11.3. The minimum Gasteiger partial charge on any atom is -0.381 e. The first-order chi connectivity index (χ1) is 8.31. The number of nitrogens with two attached hydrogens (primary N) is 1. The molecule has 1 fully saturated rings. The van der Waals surface area contributed by atoms with E-state index in [4.69, 9.17) is 10.6 Å². The molecule has 1 aromatic heterocycles. The van der Waals surface area contributed by atoms with E-state index in [1.165, 1.54) is 11.8 Å². The summed E-state index contributed by atoms with van der Waals surface area (Å²) in [5.41, 5.74) is 2.58. The van der Waals surface area contributed by atoms with Crippen LogP contribution in [0.15, 0.2) is 16.2 Å². The molecule has 1 saturated heterocycles. The number of rotatable bonds is 4. The maximum absolute atomic E-state index is 5.40. The Hall–Kier alpha value is -0.500. The van der Waals surface area contributed by atoms with E-state index in [0.29, 0.717) is 11.1 Å². The summed E-state index contributed by atoms with van der Waals surface area (Å²) in [6.07, 6.45) is 4.11. The van der Waals surface area contributed by atoms with E-state index in [9.17, 15) is 0 Å². The second-order valence-corrected chi connectivity index (χ2v) is 5.75. The van der Waals surface area contributed by atoms with Crippen LogP contribution in [0.1, 0.15) is 12.8 Å². The Morgan fingerprint density at radius 3 is 2.82 bits per heavy atom. The molecule has 2 rings (SSSR count). The van der Waals surface area contributed by atoms with Gasteiger partial charge in [-0.05, 0) is 19.1 Å². The van der Waals surface area contributed by atoms with Crippen LogP contribution in [-0.4, -0.2) is 34.7 Å². The molecule has 1 aliphatic rings. The molecule has 2 heterocycles. The molecule has 0 saturated carbocycles. The highest BCUT2D eigenvalue weighted by Gasteiger charge is 2.16. The second-order valence-electron chi connectivity index (χ2n) is 3.65. The molecule has 0 amide bonds. The van der Waals surface area contributed by atoms with Gasteiger partial charge in [0.1, 0.15) is 10.8 Å². The van der Waals surface area contributed by atoms with Gasteiger partial charge in [-0.25, -0.2) is 15.8 Å². The van der Waals surface area contributed by atoms with Crippen LogP contribution in [0.25, 0.3) is 0 Å². The van der Waals surface area contributed by atoms with Crippen molar-refractivity contribution in [2.75, 3.05) is 24.9 Å². The van der Waals surface area contributed by atoms with Crippen molar-refractivity contribution in [1.82, 2.24) is 9.97 Å². The maximum atomic E-state index is 5.40. The van der Waals surface area contributed by atoms with E-state index in [1.807, 2.05) is 12.3 Å². The van der Waals surface area contributed by atoms with Crippen LogP contribution < -0.4 is 11.3 Å². The van der Waals surface area contributed by atoms with Crippen LogP contribution in [0.4, 0.5) is 5.82 Å². The first-order valence-corrected chi connectivity index (χ1v) is 7.56. The molecular formula is C10H16N4OS2. The predicted octanol–water partition coefficient (Wildman–Crippen LogP) is 1.76. The number of aromatic nitrogens is 2. The van der Waals surface area contributed by atoms with Crippen molar-refractivity contribution in [2.24, 2.45) is 5.84 Å². The standard InChI is InChI=1S/C10H16N4OS2/c1-16-10-12-8(14-11)6-9(13-10)17-7-2-4-15-5-3-7/h6-7H,2-5,11H2,1H3,(H,12,13,14). The van der Waals surface area contributed by atoms with Crippen LogP contribution in [0.5, 0.6) is 0 Å². The maximum Gasteiger partial charge on any atom is 0.190 e. The van der Waals surface area contributed by atoms with Crippen LogP contribution in [0, 0.1) is 0 Å². The summed E-state index contributed by atoms with van der Waals surface area (Å²) >= 11 is 3.30. The van der Waals surface area contributed by atoms with Crippen molar-refractivity contribution in [3.05, 3.63) is 6.07 Å². The third kappa shape index (κ3) is 3.74. The van der Waals surface area contributed by atoms with Gasteiger partial charge in [0.15, 0.2) is 5.16 Å². The van der Waals surface area contributed by atoms with Crippen molar-refractivity contribution in [3.8, 4) is 0 Å². The van der Waals surface area contributed by atoms with Gasteiger partial charge in [0, 0.05) is 24.5 Å². The molecule has 7 heteroatoms. The Balaban J connectivity index is 2.07. The summed E-state index contributed by atoms with van der Waals surface area (Å²) < 4.78 is 5.34. The fourth-order valence-electron chi connectivity index (χ4n) is 1.59. The van der Waals surface area contributed by atoms with Gasteiger partial charge >= 0.3 is 0 Å². The van der Waals surface area contributed by atoms with Gasteiger partial charge in [-0.2, -0.15) is 0 Å². The van der Waals surface area contributed by atoms with Crippen molar-refractivity contribution < 1.29 is 4.74 Å². The molecule has 0 aromatic carbocycles. The minimum absolute atomic E-state index is 0.582. The van der Waals surface area contributed by atoms with Crippen LogP contribution in [-0.2, 0) is 4.74 Å². The molecule has 17 heavy (non-hydrogen) atoms. The lowest BCUT2D eigenvalue weighted by atomic mass is 10.2. The van der Waals surface area contributed by atoms with E-state index >= 15 is 0 Å². The monoisotopic (exact) mass is 272 g/mol. The molecule has 0 bridgehead atoms. The number of ether oxygens (including phenoxy) is 1. The summed E-state index contributed by atoms with van der Waals surface area (Å²) in [6.45, 7) is 1.69. The lowest BCUT2D eigenvalue weighted by Crippen LogP contribution is -2.17. The van der Waals surface area contributed by atoms with Gasteiger partial charge < -0.3 is 10.2 Å². The van der Waals surface area contributed by atoms with E-state index < -0.39 is 0 Å². The molecule has 0 atom stereocenters. The Morgan fingerprint density at radius 1 is 1.41 bits per heavy atom. The van der Waals surface area contributed by atoms with E-state index in [0.717, 1.165) is 36.2 Å². The second kappa shape index (κ2) is 6.44. The van der Waals surface area contributed by atoms with Gasteiger partial charge in [0.2, 0.25) is 0 Å². The number of thioether (sulfide) groups is 2. The SMILES string of the molecule is CSc1nc(NN)cc(SC2CCOCC2)n1.